The lowest BCUT2D eigenvalue weighted by Crippen LogP contribution is -2.31. The Morgan fingerprint density at radius 3 is 2.50 bits per heavy atom. The molecule has 2 saturated carbocycles. The number of fused-ring (bicyclic) bond motifs is 2. The maximum atomic E-state index is 12.5. The van der Waals surface area contributed by atoms with E-state index in [4.69, 9.17) is 0 Å². The lowest BCUT2D eigenvalue weighted by molar-refractivity contribution is -0.117. The van der Waals surface area contributed by atoms with Gasteiger partial charge in [-0.3, -0.25) is 4.79 Å². The van der Waals surface area contributed by atoms with E-state index in [9.17, 15) is 13.2 Å². The molecule has 1 aliphatic heterocycles. The number of nitrogens with zero attached hydrogens (tertiary/aromatic N) is 1. The molecule has 24 heavy (non-hydrogen) atoms. The monoisotopic (exact) mass is 348 g/mol. The van der Waals surface area contributed by atoms with E-state index >= 15 is 0 Å². The maximum Gasteiger partial charge on any atom is 0.240 e. The minimum absolute atomic E-state index is 0.111. The van der Waals surface area contributed by atoms with Gasteiger partial charge in [-0.15, -0.1) is 0 Å². The van der Waals surface area contributed by atoms with Crippen LogP contribution in [-0.4, -0.2) is 27.4 Å². The molecule has 2 bridgehead atoms. The quantitative estimate of drug-likeness (QED) is 0.889. The first-order chi connectivity index (χ1) is 11.5. The lowest BCUT2D eigenvalue weighted by Gasteiger charge is -2.22. The van der Waals surface area contributed by atoms with Gasteiger partial charge in [-0.05, 0) is 67.7 Å². The highest BCUT2D eigenvalue weighted by atomic mass is 32.2. The number of carbonyl (C=O) groups is 1. The summed E-state index contributed by atoms with van der Waals surface area (Å²) >= 11 is 0. The molecule has 1 heterocycles. The third kappa shape index (κ3) is 2.97. The highest BCUT2D eigenvalue weighted by Crippen LogP contribution is 2.48. The van der Waals surface area contributed by atoms with E-state index in [1.165, 1.54) is 25.7 Å². The van der Waals surface area contributed by atoms with E-state index in [2.05, 4.69) is 4.72 Å². The van der Waals surface area contributed by atoms with Crippen molar-refractivity contribution in [3.8, 4) is 0 Å². The fourth-order valence-electron chi connectivity index (χ4n) is 4.65. The van der Waals surface area contributed by atoms with E-state index in [0.29, 0.717) is 31.3 Å². The highest BCUT2D eigenvalue weighted by Gasteiger charge is 2.39. The molecule has 4 rings (SSSR count). The van der Waals surface area contributed by atoms with Gasteiger partial charge in [0, 0.05) is 25.2 Å². The molecule has 5 nitrogen and oxygen atoms in total. The van der Waals surface area contributed by atoms with Crippen molar-refractivity contribution in [2.75, 3.05) is 18.0 Å². The zero-order valence-electron chi connectivity index (χ0n) is 13.8. The summed E-state index contributed by atoms with van der Waals surface area (Å²) in [5, 5.41) is 0. The van der Waals surface area contributed by atoms with Gasteiger partial charge in [0.1, 0.15) is 0 Å². The SMILES string of the molecule is O=C1CCCN1c1ccc(S(=O)(=O)NCC2CC3CCC2C3)cc1. The molecule has 130 valence electrons. The van der Waals surface area contributed by atoms with Gasteiger partial charge in [0.15, 0.2) is 0 Å². The fraction of sp³-hybridized carbons (Fsp3) is 0.611. The number of hydrogen-bond acceptors (Lipinski definition) is 3. The summed E-state index contributed by atoms with van der Waals surface area (Å²) in [7, 11) is -3.47. The number of rotatable bonds is 5. The molecule has 3 unspecified atom stereocenters. The van der Waals surface area contributed by atoms with Crippen molar-refractivity contribution in [1.29, 1.82) is 0 Å². The van der Waals surface area contributed by atoms with Crippen LogP contribution >= 0.6 is 0 Å². The van der Waals surface area contributed by atoms with Gasteiger partial charge in [-0.25, -0.2) is 13.1 Å². The molecule has 1 N–H and O–H groups in total. The standard InChI is InChI=1S/C18H24N2O3S/c21-18-2-1-9-20(18)16-5-7-17(8-6-16)24(22,23)19-12-15-11-13-3-4-14(15)10-13/h5-8,13-15,19H,1-4,9-12H2. The molecule has 1 aromatic carbocycles. The molecule has 6 heteroatoms. The van der Waals surface area contributed by atoms with Crippen molar-refractivity contribution < 1.29 is 13.2 Å². The van der Waals surface area contributed by atoms with Crippen LogP contribution in [0.2, 0.25) is 0 Å². The number of benzene rings is 1. The molecule has 1 amide bonds. The maximum absolute atomic E-state index is 12.5. The second-order valence-electron chi connectivity index (χ2n) is 7.43. The Labute approximate surface area is 143 Å². The van der Waals surface area contributed by atoms with Crippen LogP contribution in [-0.2, 0) is 14.8 Å². The second-order valence-corrected chi connectivity index (χ2v) is 9.20. The van der Waals surface area contributed by atoms with Gasteiger partial charge in [0.25, 0.3) is 0 Å². The van der Waals surface area contributed by atoms with Crippen molar-refractivity contribution in [3.05, 3.63) is 24.3 Å². The Kier molecular flexibility index (Phi) is 4.12. The number of sulfonamides is 1. The van der Waals surface area contributed by atoms with Gasteiger partial charge in [0.2, 0.25) is 15.9 Å². The molecule has 2 aliphatic carbocycles. The summed E-state index contributed by atoms with van der Waals surface area (Å²) in [6.45, 7) is 1.27. The van der Waals surface area contributed by atoms with E-state index in [-0.39, 0.29) is 10.8 Å². The molecular formula is C18H24N2O3S. The van der Waals surface area contributed by atoms with Crippen LogP contribution in [0.5, 0.6) is 0 Å². The van der Waals surface area contributed by atoms with E-state index in [0.717, 1.165) is 18.0 Å². The van der Waals surface area contributed by atoms with Crippen LogP contribution in [0.3, 0.4) is 0 Å². The largest absolute Gasteiger partial charge is 0.312 e. The summed E-state index contributed by atoms with van der Waals surface area (Å²) in [6, 6.07) is 6.67. The zero-order chi connectivity index (χ0) is 16.7. The van der Waals surface area contributed by atoms with Crippen molar-refractivity contribution in [1.82, 2.24) is 4.72 Å². The van der Waals surface area contributed by atoms with Gasteiger partial charge < -0.3 is 4.90 Å². The Hall–Kier alpha value is -1.40. The molecular weight excluding hydrogens is 324 g/mol. The number of carbonyl (C=O) groups excluding carboxylic acids is 1. The van der Waals surface area contributed by atoms with Crippen LogP contribution in [0.1, 0.15) is 38.5 Å². The summed E-state index contributed by atoms with van der Waals surface area (Å²) in [5.74, 6) is 2.14. The minimum atomic E-state index is -3.47. The Bertz CT molecular complexity index is 729. The van der Waals surface area contributed by atoms with Gasteiger partial charge >= 0.3 is 0 Å². The Balaban J connectivity index is 1.41. The summed E-state index contributed by atoms with van der Waals surface area (Å²) < 4.78 is 27.8. The first-order valence-electron chi connectivity index (χ1n) is 8.93. The van der Waals surface area contributed by atoms with E-state index < -0.39 is 10.0 Å². The number of anilines is 1. The molecule has 0 spiro atoms. The predicted octanol–water partition coefficient (Wildman–Crippen LogP) is 2.53. The van der Waals surface area contributed by atoms with Gasteiger partial charge in [0.05, 0.1) is 4.90 Å². The second kappa shape index (κ2) is 6.15. The zero-order valence-corrected chi connectivity index (χ0v) is 14.6. The van der Waals surface area contributed by atoms with Crippen molar-refractivity contribution in [3.63, 3.8) is 0 Å². The van der Waals surface area contributed by atoms with Crippen molar-refractivity contribution in [2.24, 2.45) is 17.8 Å². The molecule has 3 aliphatic rings. The Morgan fingerprint density at radius 1 is 1.12 bits per heavy atom. The summed E-state index contributed by atoms with van der Waals surface area (Å²) in [6.07, 6.45) is 6.48. The topological polar surface area (TPSA) is 66.5 Å². The minimum Gasteiger partial charge on any atom is -0.312 e. The average molecular weight is 348 g/mol. The first kappa shape index (κ1) is 16.1. The van der Waals surface area contributed by atoms with Crippen LogP contribution in [0, 0.1) is 17.8 Å². The van der Waals surface area contributed by atoms with Gasteiger partial charge in [-0.2, -0.15) is 0 Å². The molecule has 0 aromatic heterocycles. The van der Waals surface area contributed by atoms with Crippen LogP contribution < -0.4 is 9.62 Å². The predicted molar refractivity (Wildman–Crippen MR) is 92.2 cm³/mol. The van der Waals surface area contributed by atoms with Crippen molar-refractivity contribution >= 4 is 21.6 Å². The number of hydrogen-bond donors (Lipinski definition) is 1. The van der Waals surface area contributed by atoms with Crippen LogP contribution in [0.15, 0.2) is 29.2 Å². The number of nitrogens with one attached hydrogen (secondary N) is 1. The molecule has 0 radical (unpaired) electrons. The normalized spacial score (nSPS) is 29.6. The summed E-state index contributed by atoms with van der Waals surface area (Å²) in [5.41, 5.74) is 0.782. The number of amides is 1. The van der Waals surface area contributed by atoms with Crippen LogP contribution in [0.4, 0.5) is 5.69 Å². The molecule has 1 saturated heterocycles. The first-order valence-corrected chi connectivity index (χ1v) is 10.4. The molecule has 3 atom stereocenters. The highest BCUT2D eigenvalue weighted by molar-refractivity contribution is 7.89. The fourth-order valence-corrected chi connectivity index (χ4v) is 5.75. The van der Waals surface area contributed by atoms with E-state index in [1.807, 2.05) is 0 Å². The Morgan fingerprint density at radius 2 is 1.92 bits per heavy atom. The van der Waals surface area contributed by atoms with Gasteiger partial charge in [-0.1, -0.05) is 6.42 Å². The summed E-state index contributed by atoms with van der Waals surface area (Å²) in [4.78, 5) is 13.8. The smallest absolute Gasteiger partial charge is 0.240 e. The van der Waals surface area contributed by atoms with Crippen molar-refractivity contribution in [2.45, 2.75) is 43.4 Å². The molecule has 1 aromatic rings. The third-order valence-corrected chi connectivity index (χ3v) is 7.39. The van der Waals surface area contributed by atoms with Crippen LogP contribution in [0.25, 0.3) is 0 Å². The molecule has 3 fully saturated rings. The third-order valence-electron chi connectivity index (χ3n) is 5.95. The lowest BCUT2D eigenvalue weighted by atomic mass is 9.89. The average Bonchev–Trinajstić information content (AvgIpc) is 3.30. The van der Waals surface area contributed by atoms with E-state index in [1.54, 1.807) is 29.2 Å².